The molecule has 1 aromatic heterocycles. The van der Waals surface area contributed by atoms with Crippen molar-refractivity contribution < 1.29 is 9.18 Å². The van der Waals surface area contributed by atoms with E-state index < -0.39 is 0 Å². The third kappa shape index (κ3) is 4.15. The first kappa shape index (κ1) is 17.0. The zero-order chi connectivity index (χ0) is 17.8. The highest BCUT2D eigenvalue weighted by Gasteiger charge is 2.18. The third-order valence-corrected chi connectivity index (χ3v) is 4.26. The summed E-state index contributed by atoms with van der Waals surface area (Å²) in [6, 6.07) is 16.4. The van der Waals surface area contributed by atoms with Gasteiger partial charge in [0.1, 0.15) is 5.82 Å². The van der Waals surface area contributed by atoms with E-state index in [4.69, 9.17) is 0 Å². The molecule has 3 rings (SSSR count). The Morgan fingerprint density at radius 2 is 1.84 bits per heavy atom. The largest absolute Gasteiger partial charge is 0.346 e. The molecule has 0 saturated heterocycles. The second-order valence-electron chi connectivity index (χ2n) is 6.27. The number of hydrogen-bond donors (Lipinski definition) is 1. The van der Waals surface area contributed by atoms with Crippen molar-refractivity contribution in [2.45, 2.75) is 26.3 Å². The van der Waals surface area contributed by atoms with Crippen LogP contribution in [0, 0.1) is 19.7 Å². The normalized spacial score (nSPS) is 12.0. The highest BCUT2D eigenvalue weighted by atomic mass is 19.1. The molecule has 1 unspecified atom stereocenters. The van der Waals surface area contributed by atoms with Gasteiger partial charge in [0.15, 0.2) is 0 Å². The standard InChI is InChI=1S/C21H21FN2O/c1-15-6-5-7-17(12-15)20(24-10-3-4-11-24)14-21(25)23-19-9-8-18(22)13-16(19)2/h3-13,20H,14H2,1-2H3,(H,23,25). The molecule has 3 nitrogen and oxygen atoms in total. The van der Waals surface area contributed by atoms with Crippen LogP contribution in [-0.2, 0) is 4.79 Å². The minimum Gasteiger partial charge on any atom is -0.346 e. The third-order valence-electron chi connectivity index (χ3n) is 4.26. The summed E-state index contributed by atoms with van der Waals surface area (Å²) in [5, 5.41) is 2.90. The van der Waals surface area contributed by atoms with E-state index >= 15 is 0 Å². The number of carbonyl (C=O) groups is 1. The van der Waals surface area contributed by atoms with E-state index in [-0.39, 0.29) is 17.8 Å². The zero-order valence-electron chi connectivity index (χ0n) is 14.4. The highest BCUT2D eigenvalue weighted by Crippen LogP contribution is 2.24. The molecule has 0 aliphatic carbocycles. The number of aryl methyl sites for hydroxylation is 2. The molecule has 1 N–H and O–H groups in total. The molecule has 0 radical (unpaired) electrons. The molecule has 1 amide bonds. The van der Waals surface area contributed by atoms with Gasteiger partial charge in [-0.25, -0.2) is 4.39 Å². The van der Waals surface area contributed by atoms with Crippen LogP contribution in [0.25, 0.3) is 0 Å². The summed E-state index contributed by atoms with van der Waals surface area (Å²) in [4.78, 5) is 12.6. The fourth-order valence-corrected chi connectivity index (χ4v) is 2.97. The Morgan fingerprint density at radius 1 is 1.08 bits per heavy atom. The van der Waals surface area contributed by atoms with E-state index in [9.17, 15) is 9.18 Å². The van der Waals surface area contributed by atoms with Crippen LogP contribution < -0.4 is 5.32 Å². The number of anilines is 1. The number of carbonyl (C=O) groups excluding carboxylic acids is 1. The van der Waals surface area contributed by atoms with E-state index in [1.54, 1.807) is 13.0 Å². The maximum absolute atomic E-state index is 13.2. The Morgan fingerprint density at radius 3 is 2.52 bits per heavy atom. The Balaban J connectivity index is 1.82. The lowest BCUT2D eigenvalue weighted by Gasteiger charge is -2.20. The van der Waals surface area contributed by atoms with E-state index in [1.807, 2.05) is 54.2 Å². The molecule has 0 bridgehead atoms. The number of nitrogens with zero attached hydrogens (tertiary/aromatic N) is 1. The summed E-state index contributed by atoms with van der Waals surface area (Å²) in [5.74, 6) is -0.407. The van der Waals surface area contributed by atoms with Crippen molar-refractivity contribution >= 4 is 11.6 Å². The molecule has 0 aliphatic rings. The lowest BCUT2D eigenvalue weighted by atomic mass is 10.0. The predicted octanol–water partition coefficient (Wildman–Crippen LogP) is 4.86. The number of rotatable bonds is 5. The first-order valence-electron chi connectivity index (χ1n) is 8.28. The molecule has 128 valence electrons. The molecule has 0 aliphatic heterocycles. The lowest BCUT2D eigenvalue weighted by molar-refractivity contribution is -0.116. The van der Waals surface area contributed by atoms with Crippen molar-refractivity contribution in [1.82, 2.24) is 4.57 Å². The first-order chi connectivity index (χ1) is 12.0. The monoisotopic (exact) mass is 336 g/mol. The molecule has 0 saturated carbocycles. The molecule has 0 fully saturated rings. The van der Waals surface area contributed by atoms with Crippen molar-refractivity contribution in [3.63, 3.8) is 0 Å². The average molecular weight is 336 g/mol. The SMILES string of the molecule is Cc1cccc(C(CC(=O)Nc2ccc(F)cc2C)n2cccc2)c1. The number of benzene rings is 2. The van der Waals surface area contributed by atoms with E-state index in [1.165, 1.54) is 12.1 Å². The Bertz CT molecular complexity index is 871. The Labute approximate surface area is 147 Å². The van der Waals surface area contributed by atoms with Crippen LogP contribution in [0.5, 0.6) is 0 Å². The van der Waals surface area contributed by atoms with Gasteiger partial charge in [0.05, 0.1) is 12.5 Å². The number of halogens is 1. The van der Waals surface area contributed by atoms with Crippen molar-refractivity contribution in [3.8, 4) is 0 Å². The lowest BCUT2D eigenvalue weighted by Crippen LogP contribution is -2.20. The fraction of sp³-hybridized carbons (Fsp3) is 0.190. The van der Waals surface area contributed by atoms with Crippen LogP contribution in [0.15, 0.2) is 67.0 Å². The first-order valence-corrected chi connectivity index (χ1v) is 8.28. The van der Waals surface area contributed by atoms with Crippen molar-refractivity contribution in [3.05, 3.63) is 89.5 Å². The fourth-order valence-electron chi connectivity index (χ4n) is 2.97. The summed E-state index contributed by atoms with van der Waals surface area (Å²) < 4.78 is 15.3. The van der Waals surface area contributed by atoms with Crippen molar-refractivity contribution in [2.24, 2.45) is 0 Å². The van der Waals surface area contributed by atoms with E-state index in [0.29, 0.717) is 17.7 Å². The smallest absolute Gasteiger partial charge is 0.226 e. The number of aromatic nitrogens is 1. The molecule has 1 heterocycles. The summed E-state index contributed by atoms with van der Waals surface area (Å²) in [5.41, 5.74) is 3.59. The van der Waals surface area contributed by atoms with Crippen LogP contribution in [0.1, 0.15) is 29.2 Å². The van der Waals surface area contributed by atoms with Gasteiger partial charge in [-0.05, 0) is 55.3 Å². The molecule has 2 aromatic carbocycles. The number of amides is 1. The van der Waals surface area contributed by atoms with Crippen LogP contribution in [0.2, 0.25) is 0 Å². The van der Waals surface area contributed by atoms with Gasteiger partial charge in [-0.3, -0.25) is 4.79 Å². The van der Waals surface area contributed by atoms with Crippen LogP contribution in [0.4, 0.5) is 10.1 Å². The second-order valence-corrected chi connectivity index (χ2v) is 6.27. The summed E-state index contributed by atoms with van der Waals surface area (Å²) in [7, 11) is 0. The molecule has 3 aromatic rings. The van der Waals surface area contributed by atoms with Crippen LogP contribution in [0.3, 0.4) is 0 Å². The summed E-state index contributed by atoms with van der Waals surface area (Å²) in [6.45, 7) is 3.82. The van der Waals surface area contributed by atoms with Gasteiger partial charge in [-0.2, -0.15) is 0 Å². The quantitative estimate of drug-likeness (QED) is 0.709. The Hall–Kier alpha value is -2.88. The minimum atomic E-state index is -0.305. The number of hydrogen-bond acceptors (Lipinski definition) is 1. The summed E-state index contributed by atoms with van der Waals surface area (Å²) >= 11 is 0. The Kier molecular flexibility index (Phi) is 4.98. The number of nitrogens with one attached hydrogen (secondary N) is 1. The van der Waals surface area contributed by atoms with Gasteiger partial charge >= 0.3 is 0 Å². The average Bonchev–Trinajstić information content (AvgIpc) is 3.09. The molecular formula is C21H21FN2O. The second kappa shape index (κ2) is 7.34. The molecule has 25 heavy (non-hydrogen) atoms. The molecule has 1 atom stereocenters. The zero-order valence-corrected chi connectivity index (χ0v) is 14.4. The summed E-state index contributed by atoms with van der Waals surface area (Å²) in [6.07, 6.45) is 4.22. The molecular weight excluding hydrogens is 315 g/mol. The highest BCUT2D eigenvalue weighted by molar-refractivity contribution is 5.92. The van der Waals surface area contributed by atoms with Crippen LogP contribution in [-0.4, -0.2) is 10.5 Å². The van der Waals surface area contributed by atoms with E-state index in [0.717, 1.165) is 11.1 Å². The van der Waals surface area contributed by atoms with Gasteiger partial charge in [0.25, 0.3) is 0 Å². The van der Waals surface area contributed by atoms with Crippen molar-refractivity contribution in [1.29, 1.82) is 0 Å². The predicted molar refractivity (Wildman–Crippen MR) is 98.1 cm³/mol. The van der Waals surface area contributed by atoms with E-state index in [2.05, 4.69) is 11.4 Å². The topological polar surface area (TPSA) is 34.0 Å². The minimum absolute atomic E-state index is 0.0874. The maximum Gasteiger partial charge on any atom is 0.226 e. The maximum atomic E-state index is 13.2. The molecule has 4 heteroatoms. The van der Waals surface area contributed by atoms with Gasteiger partial charge < -0.3 is 9.88 Å². The van der Waals surface area contributed by atoms with Gasteiger partial charge in [-0.1, -0.05) is 29.8 Å². The van der Waals surface area contributed by atoms with Gasteiger partial charge in [0.2, 0.25) is 5.91 Å². The molecule has 0 spiro atoms. The van der Waals surface area contributed by atoms with Gasteiger partial charge in [0, 0.05) is 18.1 Å². The van der Waals surface area contributed by atoms with Crippen LogP contribution >= 0.6 is 0 Å². The van der Waals surface area contributed by atoms with Crippen molar-refractivity contribution in [2.75, 3.05) is 5.32 Å². The van der Waals surface area contributed by atoms with Gasteiger partial charge in [-0.15, -0.1) is 0 Å².